The molecule has 3 atom stereocenters. The number of benzene rings is 2. The van der Waals surface area contributed by atoms with Crippen molar-refractivity contribution in [2.24, 2.45) is 11.8 Å². The summed E-state index contributed by atoms with van der Waals surface area (Å²) < 4.78 is 31.8. The Morgan fingerprint density at radius 2 is 1.68 bits per heavy atom. The van der Waals surface area contributed by atoms with Crippen LogP contribution in [0.5, 0.6) is 0 Å². The second-order valence-corrected chi connectivity index (χ2v) is 16.3. The molecule has 4 aromatic rings. The summed E-state index contributed by atoms with van der Waals surface area (Å²) in [6.45, 7) is 4.13. The molecule has 1 aliphatic carbocycles. The Kier molecular flexibility index (Phi) is 12.3. The van der Waals surface area contributed by atoms with E-state index in [1.807, 2.05) is 0 Å². The van der Waals surface area contributed by atoms with E-state index in [0.29, 0.717) is 59.9 Å². The van der Waals surface area contributed by atoms with E-state index in [2.05, 4.69) is 41.0 Å². The van der Waals surface area contributed by atoms with Gasteiger partial charge in [0.05, 0.1) is 11.9 Å². The Labute approximate surface area is 342 Å². The molecule has 2 aromatic heterocycles. The molecule has 15 heteroatoms. The normalized spacial score (nSPS) is 22.1. The molecule has 2 aromatic carbocycles. The van der Waals surface area contributed by atoms with Crippen molar-refractivity contribution in [1.82, 2.24) is 30.1 Å². The molecule has 3 aliphatic heterocycles. The number of halogens is 2. The van der Waals surface area contributed by atoms with Crippen LogP contribution in [0.2, 0.25) is 0 Å². The lowest BCUT2D eigenvalue weighted by Gasteiger charge is -2.42. The SMILES string of the molecule is O=C1CCC(Nc2ccc(N3CCC(N4CCC(CNC(=O)C5CCCC(Nc6ncc(F)c(-c7cccc(-n8ccccc8=O)c7)n6)C5)CC4)CC3)c(F)c2)C(=O)N1. The van der Waals surface area contributed by atoms with Crippen LogP contribution in [0.4, 0.5) is 26.1 Å². The highest BCUT2D eigenvalue weighted by molar-refractivity contribution is 6.01. The van der Waals surface area contributed by atoms with Crippen LogP contribution in [0.15, 0.2) is 77.9 Å². The summed E-state index contributed by atoms with van der Waals surface area (Å²) in [5.41, 5.74) is 2.15. The van der Waals surface area contributed by atoms with E-state index in [9.17, 15) is 19.2 Å². The predicted octanol–water partition coefficient (Wildman–Crippen LogP) is 5.26. The molecule has 3 unspecified atom stereocenters. The van der Waals surface area contributed by atoms with Crippen molar-refractivity contribution in [3.8, 4) is 16.9 Å². The zero-order chi connectivity index (χ0) is 40.9. The third-order valence-corrected chi connectivity index (χ3v) is 12.4. The van der Waals surface area contributed by atoms with Crippen molar-refractivity contribution in [1.29, 1.82) is 0 Å². The number of anilines is 3. The van der Waals surface area contributed by atoms with Gasteiger partial charge in [0.15, 0.2) is 5.82 Å². The van der Waals surface area contributed by atoms with Gasteiger partial charge in [0, 0.05) is 73.3 Å². The molecule has 0 bridgehead atoms. The minimum atomic E-state index is -0.566. The van der Waals surface area contributed by atoms with Crippen molar-refractivity contribution < 1.29 is 23.2 Å². The maximum Gasteiger partial charge on any atom is 0.255 e. The highest BCUT2D eigenvalue weighted by atomic mass is 19.1. The lowest BCUT2D eigenvalue weighted by Crippen LogP contribution is -2.49. The van der Waals surface area contributed by atoms with Crippen LogP contribution < -0.4 is 31.7 Å². The van der Waals surface area contributed by atoms with Crippen molar-refractivity contribution >= 4 is 35.0 Å². The lowest BCUT2D eigenvalue weighted by atomic mass is 9.85. The number of amides is 3. The van der Waals surface area contributed by atoms with Gasteiger partial charge < -0.3 is 25.8 Å². The van der Waals surface area contributed by atoms with Gasteiger partial charge in [-0.15, -0.1) is 0 Å². The number of rotatable bonds is 11. The molecule has 4 N–H and O–H groups in total. The number of carbonyl (C=O) groups excluding carboxylic acids is 3. The summed E-state index contributed by atoms with van der Waals surface area (Å²) in [4.78, 5) is 62.7. The summed E-state index contributed by atoms with van der Waals surface area (Å²) in [6.07, 6.45) is 10.6. The molecular formula is C44H51F2N9O4. The van der Waals surface area contributed by atoms with Gasteiger partial charge in [0.1, 0.15) is 17.6 Å². The number of aromatic nitrogens is 3. The number of hydrogen-bond donors (Lipinski definition) is 4. The molecule has 1 saturated carbocycles. The molecule has 13 nitrogen and oxygen atoms in total. The first-order chi connectivity index (χ1) is 28.7. The van der Waals surface area contributed by atoms with Crippen molar-refractivity contribution in [3.05, 3.63) is 95.0 Å². The summed E-state index contributed by atoms with van der Waals surface area (Å²) in [7, 11) is 0. The number of nitrogens with one attached hydrogen (secondary N) is 4. The summed E-state index contributed by atoms with van der Waals surface area (Å²) >= 11 is 0. The quantitative estimate of drug-likeness (QED) is 0.148. The maximum absolute atomic E-state index is 15.2. The molecule has 5 heterocycles. The summed E-state index contributed by atoms with van der Waals surface area (Å²) in [6, 6.07) is 16.8. The van der Waals surface area contributed by atoms with Crippen molar-refractivity contribution in [2.75, 3.05) is 48.3 Å². The number of hydrogen-bond acceptors (Lipinski definition) is 10. The largest absolute Gasteiger partial charge is 0.374 e. The lowest BCUT2D eigenvalue weighted by molar-refractivity contribution is -0.133. The second-order valence-electron chi connectivity index (χ2n) is 16.3. The molecule has 59 heavy (non-hydrogen) atoms. The van der Waals surface area contributed by atoms with E-state index in [0.717, 1.165) is 77.3 Å². The maximum atomic E-state index is 15.2. The number of carbonyl (C=O) groups is 3. The summed E-state index contributed by atoms with van der Waals surface area (Å²) in [5.74, 6) is -0.903. The Morgan fingerprint density at radius 3 is 2.46 bits per heavy atom. The van der Waals surface area contributed by atoms with Crippen LogP contribution in [0.25, 0.3) is 16.9 Å². The molecule has 0 spiro atoms. The van der Waals surface area contributed by atoms with E-state index in [-0.39, 0.29) is 53.2 Å². The molecular weight excluding hydrogens is 757 g/mol. The fourth-order valence-corrected chi connectivity index (χ4v) is 9.09. The number of pyridine rings is 1. The predicted molar refractivity (Wildman–Crippen MR) is 221 cm³/mol. The standard InChI is InChI=1S/C44H51F2N9O4/c45-35-25-32(49-37-11-13-39(56)51-43(37)59)10-12-38(35)54-21-16-33(17-22-54)53-19-14-28(15-20-53)26-47-42(58)30-6-3-7-31(23-30)50-44-48-27-36(46)41(52-44)29-5-4-8-34(24-29)55-18-2-1-9-40(55)57/h1-2,4-5,8-10,12,18,24-25,27-28,30-31,33,37,49H,3,6-7,11,13-17,19-23,26H2,(H,47,58)(H,48,50,52)(H,51,56,59). The molecule has 8 rings (SSSR count). The minimum absolute atomic E-state index is 0.0282. The second kappa shape index (κ2) is 18.1. The van der Waals surface area contributed by atoms with Gasteiger partial charge >= 0.3 is 0 Å². The van der Waals surface area contributed by atoms with Gasteiger partial charge in [-0.1, -0.05) is 24.6 Å². The van der Waals surface area contributed by atoms with Gasteiger partial charge in [-0.25, -0.2) is 18.7 Å². The highest BCUT2D eigenvalue weighted by Crippen LogP contribution is 2.31. The molecule has 0 radical (unpaired) electrons. The molecule has 3 saturated heterocycles. The average Bonchev–Trinajstić information content (AvgIpc) is 3.25. The zero-order valence-corrected chi connectivity index (χ0v) is 33.0. The topological polar surface area (TPSA) is 154 Å². The van der Waals surface area contributed by atoms with Crippen LogP contribution in [0, 0.1) is 23.5 Å². The Morgan fingerprint density at radius 1 is 0.847 bits per heavy atom. The monoisotopic (exact) mass is 807 g/mol. The van der Waals surface area contributed by atoms with Gasteiger partial charge in [-0.2, -0.15) is 0 Å². The Bertz CT molecular complexity index is 2220. The number of nitrogens with zero attached hydrogens (tertiary/aromatic N) is 5. The van der Waals surface area contributed by atoms with Crippen LogP contribution >= 0.6 is 0 Å². The first kappa shape index (κ1) is 40.1. The first-order valence-electron chi connectivity index (χ1n) is 20.9. The molecule has 4 fully saturated rings. The summed E-state index contributed by atoms with van der Waals surface area (Å²) in [5, 5.41) is 12.0. The van der Waals surface area contributed by atoms with E-state index in [1.54, 1.807) is 54.7 Å². The van der Waals surface area contributed by atoms with E-state index >= 15 is 8.78 Å². The number of piperidine rings is 3. The van der Waals surface area contributed by atoms with E-state index in [4.69, 9.17) is 0 Å². The fourth-order valence-electron chi connectivity index (χ4n) is 9.09. The Balaban J connectivity index is 0.768. The fraction of sp³-hybridized carbons (Fsp3) is 0.455. The average molecular weight is 808 g/mol. The van der Waals surface area contributed by atoms with Gasteiger partial charge in [0.25, 0.3) is 5.56 Å². The van der Waals surface area contributed by atoms with Crippen molar-refractivity contribution in [3.63, 3.8) is 0 Å². The molecule has 4 aliphatic rings. The van der Waals surface area contributed by atoms with Gasteiger partial charge in [0.2, 0.25) is 23.7 Å². The van der Waals surface area contributed by atoms with Crippen LogP contribution in [0.3, 0.4) is 0 Å². The van der Waals surface area contributed by atoms with Crippen molar-refractivity contribution in [2.45, 2.75) is 82.3 Å². The molecule has 3 amide bonds. The van der Waals surface area contributed by atoms with E-state index in [1.165, 1.54) is 16.7 Å². The van der Waals surface area contributed by atoms with Gasteiger partial charge in [-0.05, 0) is 107 Å². The number of imide groups is 1. The molecule has 310 valence electrons. The minimum Gasteiger partial charge on any atom is -0.374 e. The van der Waals surface area contributed by atoms with Crippen LogP contribution in [-0.4, -0.2) is 88.0 Å². The van der Waals surface area contributed by atoms with Crippen LogP contribution in [0.1, 0.15) is 64.2 Å². The number of likely N-dealkylation sites (tertiary alicyclic amines) is 1. The third kappa shape index (κ3) is 9.62. The Hall–Kier alpha value is -5.70. The van der Waals surface area contributed by atoms with E-state index < -0.39 is 11.9 Å². The van der Waals surface area contributed by atoms with Gasteiger partial charge in [-0.3, -0.25) is 29.1 Å². The van der Waals surface area contributed by atoms with Crippen LogP contribution in [-0.2, 0) is 14.4 Å². The highest BCUT2D eigenvalue weighted by Gasteiger charge is 2.32. The smallest absolute Gasteiger partial charge is 0.255 e. The first-order valence-corrected chi connectivity index (χ1v) is 20.9. The zero-order valence-electron chi connectivity index (χ0n) is 33.0. The third-order valence-electron chi connectivity index (χ3n) is 12.4.